The second-order valence-electron chi connectivity index (χ2n) is 6.33. The Morgan fingerprint density at radius 1 is 1.11 bits per heavy atom. The van der Waals surface area contributed by atoms with Crippen molar-refractivity contribution in [3.05, 3.63) is 0 Å². The monoisotopic (exact) mass is 252 g/mol. The zero-order chi connectivity index (χ0) is 13.0. The Balaban J connectivity index is 1.80. The average Bonchev–Trinajstić information content (AvgIpc) is 2.40. The van der Waals surface area contributed by atoms with E-state index in [0.29, 0.717) is 17.9 Å². The number of hydrogen-bond acceptors (Lipinski definition) is 2. The van der Waals surface area contributed by atoms with Gasteiger partial charge in [0.2, 0.25) is 5.91 Å². The van der Waals surface area contributed by atoms with Crippen molar-refractivity contribution in [1.29, 1.82) is 0 Å². The number of nitrogens with one attached hydrogen (secondary N) is 1. The molecule has 0 heterocycles. The van der Waals surface area contributed by atoms with Gasteiger partial charge in [0.15, 0.2) is 0 Å². The van der Waals surface area contributed by atoms with Crippen LogP contribution in [0.1, 0.15) is 64.7 Å². The van der Waals surface area contributed by atoms with Crippen molar-refractivity contribution in [3.8, 4) is 0 Å². The minimum absolute atomic E-state index is 0.219. The minimum Gasteiger partial charge on any atom is -0.353 e. The lowest BCUT2D eigenvalue weighted by Crippen LogP contribution is -2.42. The first-order chi connectivity index (χ1) is 8.66. The molecule has 0 aromatic carbocycles. The standard InChI is InChI=1S/C15H28N2O/c1-11(16)12-6-5-7-13(10-12)15(18)17-14-8-3-2-4-9-14/h11-14H,2-10,16H2,1H3,(H,17,18). The molecule has 2 rings (SSSR count). The third-order valence-electron chi connectivity index (χ3n) is 4.78. The molecule has 2 saturated carbocycles. The number of carbonyl (C=O) groups is 1. The van der Waals surface area contributed by atoms with Gasteiger partial charge < -0.3 is 11.1 Å². The molecule has 0 aromatic heterocycles. The van der Waals surface area contributed by atoms with Crippen LogP contribution in [0.5, 0.6) is 0 Å². The molecule has 2 fully saturated rings. The van der Waals surface area contributed by atoms with E-state index in [1.807, 2.05) is 0 Å². The van der Waals surface area contributed by atoms with Gasteiger partial charge in [0.1, 0.15) is 0 Å². The Morgan fingerprint density at radius 2 is 1.83 bits per heavy atom. The molecule has 3 unspecified atom stereocenters. The summed E-state index contributed by atoms with van der Waals surface area (Å²) in [5.41, 5.74) is 5.98. The lowest BCUT2D eigenvalue weighted by atomic mass is 9.78. The van der Waals surface area contributed by atoms with E-state index >= 15 is 0 Å². The van der Waals surface area contributed by atoms with Gasteiger partial charge in [-0.25, -0.2) is 0 Å². The molecule has 2 aliphatic carbocycles. The first-order valence-corrected chi connectivity index (χ1v) is 7.72. The molecule has 0 spiro atoms. The van der Waals surface area contributed by atoms with Crippen molar-refractivity contribution >= 4 is 5.91 Å². The fraction of sp³-hybridized carbons (Fsp3) is 0.933. The van der Waals surface area contributed by atoms with Crippen LogP contribution in [0.2, 0.25) is 0 Å². The van der Waals surface area contributed by atoms with E-state index in [1.54, 1.807) is 0 Å². The minimum atomic E-state index is 0.219. The summed E-state index contributed by atoms with van der Waals surface area (Å²) >= 11 is 0. The topological polar surface area (TPSA) is 55.1 Å². The van der Waals surface area contributed by atoms with E-state index in [-0.39, 0.29) is 12.0 Å². The van der Waals surface area contributed by atoms with Crippen molar-refractivity contribution in [2.75, 3.05) is 0 Å². The highest BCUT2D eigenvalue weighted by Crippen LogP contribution is 2.31. The Kier molecular flexibility index (Phi) is 5.04. The van der Waals surface area contributed by atoms with Crippen LogP contribution >= 0.6 is 0 Å². The number of nitrogens with two attached hydrogens (primary N) is 1. The summed E-state index contributed by atoms with van der Waals surface area (Å²) in [6, 6.07) is 0.678. The van der Waals surface area contributed by atoms with Crippen LogP contribution in [0.15, 0.2) is 0 Å². The molecule has 3 N–H and O–H groups in total. The quantitative estimate of drug-likeness (QED) is 0.811. The first kappa shape index (κ1) is 13.9. The molecule has 0 radical (unpaired) electrons. The molecular weight excluding hydrogens is 224 g/mol. The zero-order valence-electron chi connectivity index (χ0n) is 11.7. The van der Waals surface area contributed by atoms with Crippen LogP contribution in [-0.2, 0) is 4.79 Å². The van der Waals surface area contributed by atoms with Crippen molar-refractivity contribution in [2.24, 2.45) is 17.6 Å². The van der Waals surface area contributed by atoms with E-state index in [0.717, 1.165) is 19.3 Å². The second kappa shape index (κ2) is 6.55. The Morgan fingerprint density at radius 3 is 2.50 bits per heavy atom. The van der Waals surface area contributed by atoms with Gasteiger partial charge in [-0.2, -0.15) is 0 Å². The van der Waals surface area contributed by atoms with Gasteiger partial charge in [-0.3, -0.25) is 4.79 Å². The molecule has 0 aromatic rings. The van der Waals surface area contributed by atoms with E-state index in [2.05, 4.69) is 12.2 Å². The Hall–Kier alpha value is -0.570. The second-order valence-corrected chi connectivity index (χ2v) is 6.33. The highest BCUT2D eigenvalue weighted by atomic mass is 16.1. The SMILES string of the molecule is CC(N)C1CCCC(C(=O)NC2CCCCC2)C1. The lowest BCUT2D eigenvalue weighted by molar-refractivity contribution is -0.127. The maximum absolute atomic E-state index is 12.3. The van der Waals surface area contributed by atoms with Crippen LogP contribution in [0.25, 0.3) is 0 Å². The predicted molar refractivity (Wildman–Crippen MR) is 74.1 cm³/mol. The molecule has 3 atom stereocenters. The molecule has 0 saturated heterocycles. The predicted octanol–water partition coefficient (Wildman–Crippen LogP) is 2.59. The van der Waals surface area contributed by atoms with Crippen LogP contribution in [0.4, 0.5) is 0 Å². The van der Waals surface area contributed by atoms with Gasteiger partial charge in [0, 0.05) is 18.0 Å². The number of rotatable bonds is 3. The van der Waals surface area contributed by atoms with Gasteiger partial charge in [0.05, 0.1) is 0 Å². The highest BCUT2D eigenvalue weighted by Gasteiger charge is 2.30. The maximum atomic E-state index is 12.3. The molecular formula is C15H28N2O. The summed E-state index contributed by atoms with van der Waals surface area (Å²) in [6.45, 7) is 2.08. The van der Waals surface area contributed by atoms with Crippen LogP contribution < -0.4 is 11.1 Å². The summed E-state index contributed by atoms with van der Waals surface area (Å²) in [4.78, 5) is 12.3. The van der Waals surface area contributed by atoms with Crippen LogP contribution in [0, 0.1) is 11.8 Å². The fourth-order valence-electron chi connectivity index (χ4n) is 3.51. The molecule has 0 bridgehead atoms. The van der Waals surface area contributed by atoms with Crippen molar-refractivity contribution in [1.82, 2.24) is 5.32 Å². The molecule has 3 nitrogen and oxygen atoms in total. The summed E-state index contributed by atoms with van der Waals surface area (Å²) in [7, 11) is 0. The number of amides is 1. The third kappa shape index (κ3) is 3.71. The molecule has 18 heavy (non-hydrogen) atoms. The van der Waals surface area contributed by atoms with Gasteiger partial charge in [0.25, 0.3) is 0 Å². The van der Waals surface area contributed by atoms with Gasteiger partial charge in [-0.15, -0.1) is 0 Å². The molecule has 3 heteroatoms. The maximum Gasteiger partial charge on any atom is 0.223 e. The zero-order valence-corrected chi connectivity index (χ0v) is 11.7. The van der Waals surface area contributed by atoms with Gasteiger partial charge >= 0.3 is 0 Å². The highest BCUT2D eigenvalue weighted by molar-refractivity contribution is 5.79. The fourth-order valence-corrected chi connectivity index (χ4v) is 3.51. The van der Waals surface area contributed by atoms with Gasteiger partial charge in [-0.1, -0.05) is 25.7 Å². The number of hydrogen-bond donors (Lipinski definition) is 2. The van der Waals surface area contributed by atoms with E-state index < -0.39 is 0 Å². The van der Waals surface area contributed by atoms with E-state index in [1.165, 1.54) is 38.5 Å². The van der Waals surface area contributed by atoms with E-state index in [4.69, 9.17) is 5.73 Å². The summed E-state index contributed by atoms with van der Waals surface area (Å²) < 4.78 is 0. The summed E-state index contributed by atoms with van der Waals surface area (Å²) in [5, 5.41) is 3.27. The molecule has 2 aliphatic rings. The number of carbonyl (C=O) groups excluding carboxylic acids is 1. The van der Waals surface area contributed by atoms with Crippen molar-refractivity contribution in [3.63, 3.8) is 0 Å². The molecule has 1 amide bonds. The largest absolute Gasteiger partial charge is 0.353 e. The van der Waals surface area contributed by atoms with Crippen molar-refractivity contribution in [2.45, 2.75) is 76.8 Å². The average molecular weight is 252 g/mol. The molecule has 104 valence electrons. The Bertz CT molecular complexity index is 272. The van der Waals surface area contributed by atoms with Crippen molar-refractivity contribution < 1.29 is 4.79 Å². The van der Waals surface area contributed by atoms with Crippen LogP contribution in [-0.4, -0.2) is 18.0 Å². The smallest absolute Gasteiger partial charge is 0.223 e. The Labute approximate surface area is 111 Å². The van der Waals surface area contributed by atoms with Gasteiger partial charge in [-0.05, 0) is 44.9 Å². The summed E-state index contributed by atoms with van der Waals surface area (Å²) in [5.74, 6) is 1.06. The first-order valence-electron chi connectivity index (χ1n) is 7.72. The van der Waals surface area contributed by atoms with Crippen LogP contribution in [0.3, 0.4) is 0 Å². The normalized spacial score (nSPS) is 31.9. The summed E-state index contributed by atoms with van der Waals surface area (Å²) in [6.07, 6.45) is 10.7. The third-order valence-corrected chi connectivity index (χ3v) is 4.78. The lowest BCUT2D eigenvalue weighted by Gasteiger charge is -2.32. The van der Waals surface area contributed by atoms with E-state index in [9.17, 15) is 4.79 Å². The molecule has 0 aliphatic heterocycles.